The Bertz CT molecular complexity index is 259. The Morgan fingerprint density at radius 1 is 1.11 bits per heavy atom. The molecule has 0 aromatic rings. The van der Waals surface area contributed by atoms with Gasteiger partial charge in [-0.3, -0.25) is 4.79 Å². The number of hydrogen-bond donors (Lipinski definition) is 0. The fourth-order valence-electron chi connectivity index (χ4n) is 3.21. The van der Waals surface area contributed by atoms with Crippen LogP contribution in [0.4, 0.5) is 0 Å². The minimum Gasteiger partial charge on any atom is -0.340 e. The molecule has 0 atom stereocenters. The van der Waals surface area contributed by atoms with Crippen LogP contribution < -0.4 is 0 Å². The molecule has 0 N–H and O–H groups in total. The number of amides is 1. The first-order valence-electron chi connectivity index (χ1n) is 7.66. The maximum Gasteiger partial charge on any atom is 0.222 e. The van der Waals surface area contributed by atoms with Crippen molar-refractivity contribution in [3.05, 3.63) is 0 Å². The zero-order valence-corrected chi connectivity index (χ0v) is 12.1. The highest BCUT2D eigenvalue weighted by Gasteiger charge is 2.28. The molecular formula is C15H26ClNO. The first-order valence-corrected chi connectivity index (χ1v) is 8.20. The predicted octanol–water partition coefficient (Wildman–Crippen LogP) is 3.97. The Labute approximate surface area is 116 Å². The van der Waals surface area contributed by atoms with Gasteiger partial charge in [-0.2, -0.15) is 0 Å². The van der Waals surface area contributed by atoms with Gasteiger partial charge >= 0.3 is 0 Å². The monoisotopic (exact) mass is 271 g/mol. The molecule has 2 fully saturated rings. The summed E-state index contributed by atoms with van der Waals surface area (Å²) >= 11 is 5.76. The van der Waals surface area contributed by atoms with E-state index >= 15 is 0 Å². The van der Waals surface area contributed by atoms with Gasteiger partial charge in [-0.25, -0.2) is 0 Å². The maximum absolute atomic E-state index is 12.3. The molecule has 18 heavy (non-hydrogen) atoms. The van der Waals surface area contributed by atoms with E-state index in [1.54, 1.807) is 0 Å². The van der Waals surface area contributed by atoms with Crippen LogP contribution in [0.2, 0.25) is 0 Å². The van der Waals surface area contributed by atoms with Crippen molar-refractivity contribution in [2.45, 2.75) is 70.3 Å². The van der Waals surface area contributed by atoms with Crippen molar-refractivity contribution in [1.82, 2.24) is 4.90 Å². The van der Waals surface area contributed by atoms with E-state index in [-0.39, 0.29) is 0 Å². The van der Waals surface area contributed by atoms with Crippen LogP contribution >= 0.6 is 11.6 Å². The third kappa shape index (κ3) is 3.88. The van der Waals surface area contributed by atoms with Crippen molar-refractivity contribution < 1.29 is 4.79 Å². The number of rotatable bonds is 7. The number of carbonyl (C=O) groups is 1. The van der Waals surface area contributed by atoms with Gasteiger partial charge in [-0.15, -0.1) is 11.6 Å². The molecule has 0 spiro atoms. The van der Waals surface area contributed by atoms with Gasteiger partial charge in [0.15, 0.2) is 0 Å². The van der Waals surface area contributed by atoms with E-state index in [1.165, 1.54) is 44.9 Å². The largest absolute Gasteiger partial charge is 0.340 e. The molecule has 0 aromatic heterocycles. The van der Waals surface area contributed by atoms with Gasteiger partial charge < -0.3 is 4.90 Å². The molecule has 2 aliphatic carbocycles. The van der Waals surface area contributed by atoms with Gasteiger partial charge in [0.05, 0.1) is 0 Å². The number of carbonyl (C=O) groups excluding carboxylic acids is 1. The minimum atomic E-state index is 0.386. The van der Waals surface area contributed by atoms with Crippen molar-refractivity contribution in [2.24, 2.45) is 5.92 Å². The molecule has 0 aromatic carbocycles. The third-order valence-corrected chi connectivity index (χ3v) is 4.88. The van der Waals surface area contributed by atoms with Crippen molar-refractivity contribution in [3.63, 3.8) is 0 Å². The van der Waals surface area contributed by atoms with E-state index in [1.807, 2.05) is 0 Å². The van der Waals surface area contributed by atoms with Gasteiger partial charge in [-0.05, 0) is 38.0 Å². The quantitative estimate of drug-likeness (QED) is 0.642. The summed E-state index contributed by atoms with van der Waals surface area (Å²) in [6.45, 7) is 0.873. The molecule has 2 rings (SSSR count). The molecule has 0 saturated heterocycles. The molecule has 0 unspecified atom stereocenters. The molecule has 0 heterocycles. The van der Waals surface area contributed by atoms with Gasteiger partial charge in [0.2, 0.25) is 5.91 Å². The molecule has 2 saturated carbocycles. The highest BCUT2D eigenvalue weighted by Crippen LogP contribution is 2.30. The lowest BCUT2D eigenvalue weighted by atomic mass is 9.90. The molecule has 0 aliphatic heterocycles. The van der Waals surface area contributed by atoms with Crippen molar-refractivity contribution >= 4 is 17.5 Å². The summed E-state index contributed by atoms with van der Waals surface area (Å²) in [6, 6.07) is 0.532. The zero-order chi connectivity index (χ0) is 12.8. The summed E-state index contributed by atoms with van der Waals surface area (Å²) < 4.78 is 0. The van der Waals surface area contributed by atoms with Crippen LogP contribution in [0, 0.1) is 5.92 Å². The van der Waals surface area contributed by atoms with E-state index < -0.39 is 0 Å². The van der Waals surface area contributed by atoms with Gasteiger partial charge in [0.1, 0.15) is 0 Å². The highest BCUT2D eigenvalue weighted by atomic mass is 35.5. The third-order valence-electron chi connectivity index (χ3n) is 4.61. The summed E-state index contributed by atoms with van der Waals surface area (Å²) in [5, 5.41) is 0. The molecule has 0 bridgehead atoms. The zero-order valence-electron chi connectivity index (χ0n) is 11.4. The van der Waals surface area contributed by atoms with Crippen LogP contribution in [0.1, 0.15) is 64.2 Å². The summed E-state index contributed by atoms with van der Waals surface area (Å²) in [4.78, 5) is 14.4. The van der Waals surface area contributed by atoms with E-state index in [0.717, 1.165) is 31.7 Å². The first-order chi connectivity index (χ1) is 8.81. The molecule has 2 nitrogen and oxygen atoms in total. The number of halogens is 1. The van der Waals surface area contributed by atoms with Crippen LogP contribution in [0.25, 0.3) is 0 Å². The maximum atomic E-state index is 12.3. The average Bonchev–Trinajstić information content (AvgIpc) is 2.81. The molecule has 104 valence electrons. The average molecular weight is 272 g/mol. The van der Waals surface area contributed by atoms with E-state index in [4.69, 9.17) is 11.6 Å². The molecule has 3 heteroatoms. The van der Waals surface area contributed by atoms with Gasteiger partial charge in [-0.1, -0.05) is 25.7 Å². The van der Waals surface area contributed by atoms with Gasteiger partial charge in [0.25, 0.3) is 0 Å². The Morgan fingerprint density at radius 2 is 1.83 bits per heavy atom. The van der Waals surface area contributed by atoms with Crippen molar-refractivity contribution in [2.75, 3.05) is 12.4 Å². The first kappa shape index (κ1) is 14.2. The summed E-state index contributed by atoms with van der Waals surface area (Å²) in [7, 11) is 0. The Kier molecular flexibility index (Phi) is 5.81. The lowest BCUT2D eigenvalue weighted by molar-refractivity contribution is -0.135. The Morgan fingerprint density at radius 3 is 2.39 bits per heavy atom. The normalized spacial score (nSPS) is 20.9. The second-order valence-corrected chi connectivity index (χ2v) is 6.28. The fourth-order valence-corrected chi connectivity index (χ4v) is 3.33. The Hall–Kier alpha value is -0.240. The van der Waals surface area contributed by atoms with E-state index in [9.17, 15) is 4.79 Å². The van der Waals surface area contributed by atoms with E-state index in [0.29, 0.717) is 17.8 Å². The van der Waals surface area contributed by atoms with Crippen LogP contribution in [0.3, 0.4) is 0 Å². The lowest BCUT2D eigenvalue weighted by Crippen LogP contribution is -2.44. The van der Waals surface area contributed by atoms with Crippen LogP contribution in [-0.4, -0.2) is 29.3 Å². The van der Waals surface area contributed by atoms with Gasteiger partial charge in [0, 0.05) is 24.9 Å². The van der Waals surface area contributed by atoms with E-state index in [2.05, 4.69) is 4.90 Å². The Balaban J connectivity index is 1.74. The molecule has 2 aliphatic rings. The van der Waals surface area contributed by atoms with Crippen molar-refractivity contribution in [1.29, 1.82) is 0 Å². The lowest BCUT2D eigenvalue weighted by Gasteiger charge is -2.38. The van der Waals surface area contributed by atoms with Crippen molar-refractivity contribution in [3.8, 4) is 0 Å². The molecule has 1 amide bonds. The van der Waals surface area contributed by atoms with Crippen LogP contribution in [0.5, 0.6) is 0 Å². The predicted molar refractivity (Wildman–Crippen MR) is 75.9 cm³/mol. The topological polar surface area (TPSA) is 20.3 Å². The minimum absolute atomic E-state index is 0.386. The SMILES string of the molecule is O=C(CCC1CCCC1)N(CCCCl)C1CCC1. The second-order valence-electron chi connectivity index (χ2n) is 5.90. The summed E-state index contributed by atoms with van der Waals surface area (Å²) in [6.07, 6.45) is 12.0. The highest BCUT2D eigenvalue weighted by molar-refractivity contribution is 6.17. The smallest absolute Gasteiger partial charge is 0.222 e. The number of alkyl halides is 1. The van der Waals surface area contributed by atoms with Crippen LogP contribution in [-0.2, 0) is 4.79 Å². The number of nitrogens with zero attached hydrogens (tertiary/aromatic N) is 1. The van der Waals surface area contributed by atoms with Crippen LogP contribution in [0.15, 0.2) is 0 Å². The number of hydrogen-bond acceptors (Lipinski definition) is 1. The fraction of sp³-hybridized carbons (Fsp3) is 0.933. The summed E-state index contributed by atoms with van der Waals surface area (Å²) in [5.74, 6) is 1.88. The molecule has 0 radical (unpaired) electrons. The summed E-state index contributed by atoms with van der Waals surface area (Å²) in [5.41, 5.74) is 0. The standard InChI is InChI=1S/C15H26ClNO/c16-11-4-12-17(14-7-3-8-14)15(18)10-9-13-5-1-2-6-13/h13-14H,1-12H2. The second kappa shape index (κ2) is 7.37. The molecular weight excluding hydrogens is 246 g/mol.